The number of urea groups is 1. The number of esters is 1. The molecule has 1 aromatic heterocycles. The summed E-state index contributed by atoms with van der Waals surface area (Å²) in [6.45, 7) is 7.69. The second-order valence-corrected chi connectivity index (χ2v) is 8.98. The van der Waals surface area contributed by atoms with Crippen LogP contribution in [-0.4, -0.2) is 40.0 Å². The van der Waals surface area contributed by atoms with Crippen molar-refractivity contribution in [2.24, 2.45) is 0 Å². The normalized spacial score (nSPS) is 15.8. The first-order valence-corrected chi connectivity index (χ1v) is 12.0. The van der Waals surface area contributed by atoms with Gasteiger partial charge in [-0.3, -0.25) is 9.36 Å². The van der Waals surface area contributed by atoms with Crippen LogP contribution in [0, 0.1) is 13.8 Å². The lowest BCUT2D eigenvalue weighted by Crippen LogP contribution is -2.49. The molecule has 3 aromatic rings. The quantitative estimate of drug-likeness (QED) is 0.319. The molecule has 176 valence electrons. The molecule has 0 bridgehead atoms. The van der Waals surface area contributed by atoms with Gasteiger partial charge in [0.15, 0.2) is 5.16 Å². The SMILES string of the molecule is CCOC(=O)C1=C(CSc2nc3ccccc3c(=O)n2-c2ccc(C)c(C)c2)NC(=O)NC1C. The first kappa shape index (κ1) is 23.6. The van der Waals surface area contributed by atoms with E-state index in [2.05, 4.69) is 10.6 Å². The molecule has 9 heteroatoms. The molecule has 0 spiro atoms. The van der Waals surface area contributed by atoms with Crippen molar-refractivity contribution in [2.45, 2.75) is 38.9 Å². The van der Waals surface area contributed by atoms with Gasteiger partial charge in [0.05, 0.1) is 34.8 Å². The number of thioether (sulfide) groups is 1. The fourth-order valence-electron chi connectivity index (χ4n) is 3.83. The van der Waals surface area contributed by atoms with E-state index in [1.165, 1.54) is 11.8 Å². The van der Waals surface area contributed by atoms with Crippen molar-refractivity contribution in [2.75, 3.05) is 12.4 Å². The predicted octanol–water partition coefficient (Wildman–Crippen LogP) is 3.61. The van der Waals surface area contributed by atoms with Crippen LogP contribution in [0.5, 0.6) is 0 Å². The molecule has 1 aliphatic heterocycles. The topological polar surface area (TPSA) is 102 Å². The molecule has 0 aliphatic carbocycles. The van der Waals surface area contributed by atoms with Crippen LogP contribution in [-0.2, 0) is 9.53 Å². The van der Waals surface area contributed by atoms with Crippen LogP contribution in [0.4, 0.5) is 4.79 Å². The maximum Gasteiger partial charge on any atom is 0.337 e. The summed E-state index contributed by atoms with van der Waals surface area (Å²) in [5, 5.41) is 6.39. The highest BCUT2D eigenvalue weighted by Crippen LogP contribution is 2.26. The molecule has 2 aromatic carbocycles. The number of benzene rings is 2. The monoisotopic (exact) mass is 478 g/mol. The first-order valence-electron chi connectivity index (χ1n) is 11.0. The van der Waals surface area contributed by atoms with Crippen LogP contribution in [0.25, 0.3) is 16.6 Å². The van der Waals surface area contributed by atoms with Crippen molar-refractivity contribution in [3.05, 3.63) is 75.2 Å². The van der Waals surface area contributed by atoms with Crippen molar-refractivity contribution in [1.82, 2.24) is 20.2 Å². The number of hydrogen-bond donors (Lipinski definition) is 2. The number of aromatic nitrogens is 2. The van der Waals surface area contributed by atoms with Crippen LogP contribution < -0.4 is 16.2 Å². The molecule has 0 saturated heterocycles. The third-order valence-corrected chi connectivity index (χ3v) is 6.67. The summed E-state index contributed by atoms with van der Waals surface area (Å²) in [4.78, 5) is 42.9. The number of aryl methyl sites for hydroxylation is 2. The number of carbonyl (C=O) groups is 2. The van der Waals surface area contributed by atoms with Gasteiger partial charge in [0, 0.05) is 11.4 Å². The van der Waals surface area contributed by atoms with Crippen molar-refractivity contribution in [3.63, 3.8) is 0 Å². The van der Waals surface area contributed by atoms with Gasteiger partial charge in [-0.2, -0.15) is 0 Å². The summed E-state index contributed by atoms with van der Waals surface area (Å²) in [5.74, 6) is -0.266. The fraction of sp³-hybridized carbons (Fsp3) is 0.280. The van der Waals surface area contributed by atoms with E-state index in [1.807, 2.05) is 44.2 Å². The molecule has 0 saturated carbocycles. The molecule has 1 aliphatic rings. The third-order valence-electron chi connectivity index (χ3n) is 5.70. The minimum absolute atomic E-state index is 0.182. The zero-order valence-corrected chi connectivity index (χ0v) is 20.3. The summed E-state index contributed by atoms with van der Waals surface area (Å²) in [5.41, 5.74) is 4.08. The number of amides is 2. The molecule has 1 atom stereocenters. The Bertz CT molecular complexity index is 1380. The van der Waals surface area contributed by atoms with Crippen molar-refractivity contribution < 1.29 is 14.3 Å². The van der Waals surface area contributed by atoms with E-state index in [4.69, 9.17) is 9.72 Å². The Morgan fingerprint density at radius 1 is 1.15 bits per heavy atom. The van der Waals surface area contributed by atoms with Gasteiger partial charge >= 0.3 is 12.0 Å². The average Bonchev–Trinajstić information content (AvgIpc) is 2.79. The van der Waals surface area contributed by atoms with Gasteiger partial charge < -0.3 is 15.4 Å². The highest BCUT2D eigenvalue weighted by Gasteiger charge is 2.30. The summed E-state index contributed by atoms with van der Waals surface area (Å²) in [7, 11) is 0. The molecule has 2 N–H and O–H groups in total. The highest BCUT2D eigenvalue weighted by molar-refractivity contribution is 7.99. The first-order chi connectivity index (χ1) is 16.3. The third kappa shape index (κ3) is 4.56. The lowest BCUT2D eigenvalue weighted by atomic mass is 10.1. The Morgan fingerprint density at radius 2 is 1.91 bits per heavy atom. The largest absolute Gasteiger partial charge is 0.463 e. The van der Waals surface area contributed by atoms with Crippen LogP contribution in [0.3, 0.4) is 0 Å². The van der Waals surface area contributed by atoms with E-state index >= 15 is 0 Å². The number of carbonyl (C=O) groups excluding carboxylic acids is 2. The fourth-order valence-corrected chi connectivity index (χ4v) is 4.81. The highest BCUT2D eigenvalue weighted by atomic mass is 32.2. The van der Waals surface area contributed by atoms with Crippen LogP contribution in [0.2, 0.25) is 0 Å². The predicted molar refractivity (Wildman–Crippen MR) is 132 cm³/mol. The lowest BCUT2D eigenvalue weighted by Gasteiger charge is -2.26. The molecule has 0 fully saturated rings. The van der Waals surface area contributed by atoms with Crippen molar-refractivity contribution >= 4 is 34.7 Å². The van der Waals surface area contributed by atoms with Gasteiger partial charge in [-0.05, 0) is 63.1 Å². The van der Waals surface area contributed by atoms with E-state index in [1.54, 1.807) is 30.5 Å². The molecule has 34 heavy (non-hydrogen) atoms. The smallest absolute Gasteiger partial charge is 0.337 e. The minimum Gasteiger partial charge on any atom is -0.463 e. The Kier molecular flexibility index (Phi) is 6.74. The zero-order valence-electron chi connectivity index (χ0n) is 19.5. The standard InChI is InChI=1S/C25H26N4O4S/c1-5-33-23(31)21-16(4)26-24(32)27-20(21)13-34-25-28-19-9-7-6-8-18(19)22(30)29(25)17-11-10-14(2)15(3)12-17/h6-12,16H,5,13H2,1-4H3,(H2,26,27,32). The van der Waals surface area contributed by atoms with E-state index in [9.17, 15) is 14.4 Å². The summed E-state index contributed by atoms with van der Waals surface area (Å²) in [6, 6.07) is 12.1. The van der Waals surface area contributed by atoms with Crippen LogP contribution in [0.1, 0.15) is 25.0 Å². The Hall–Kier alpha value is -3.59. The second kappa shape index (κ2) is 9.72. The minimum atomic E-state index is -0.505. The Morgan fingerprint density at radius 3 is 2.65 bits per heavy atom. The van der Waals surface area contributed by atoms with Crippen LogP contribution >= 0.6 is 11.8 Å². The summed E-state index contributed by atoms with van der Waals surface area (Å²) in [6.07, 6.45) is 0. The van der Waals surface area contributed by atoms with E-state index in [0.29, 0.717) is 33.0 Å². The van der Waals surface area contributed by atoms with Crippen molar-refractivity contribution in [3.8, 4) is 5.69 Å². The molecular weight excluding hydrogens is 452 g/mol. The molecule has 2 heterocycles. The molecule has 8 nitrogen and oxygen atoms in total. The van der Waals surface area contributed by atoms with E-state index in [-0.39, 0.29) is 17.9 Å². The maximum atomic E-state index is 13.5. The number of rotatable bonds is 6. The van der Waals surface area contributed by atoms with Crippen LogP contribution in [0.15, 0.2) is 63.7 Å². The zero-order chi connectivity index (χ0) is 24.4. The average molecular weight is 479 g/mol. The lowest BCUT2D eigenvalue weighted by molar-refractivity contribution is -0.138. The van der Waals surface area contributed by atoms with Crippen molar-refractivity contribution in [1.29, 1.82) is 0 Å². The molecule has 0 radical (unpaired) electrons. The Labute approximate surface area is 201 Å². The number of hydrogen-bond acceptors (Lipinski definition) is 6. The summed E-state index contributed by atoms with van der Waals surface area (Å²) < 4.78 is 6.78. The van der Waals surface area contributed by atoms with E-state index in [0.717, 1.165) is 11.1 Å². The second-order valence-electron chi connectivity index (χ2n) is 8.04. The molecule has 4 rings (SSSR count). The number of ether oxygens (including phenoxy) is 1. The maximum absolute atomic E-state index is 13.5. The van der Waals surface area contributed by atoms with Gasteiger partial charge in [-0.15, -0.1) is 0 Å². The van der Waals surface area contributed by atoms with Gasteiger partial charge in [-0.25, -0.2) is 14.6 Å². The molecule has 2 amide bonds. The van der Waals surface area contributed by atoms with Gasteiger partial charge in [0.25, 0.3) is 5.56 Å². The number of nitrogens with zero attached hydrogens (tertiary/aromatic N) is 2. The van der Waals surface area contributed by atoms with Gasteiger partial charge in [0.1, 0.15) is 0 Å². The Balaban J connectivity index is 1.81. The van der Waals surface area contributed by atoms with Gasteiger partial charge in [0.2, 0.25) is 0 Å². The van der Waals surface area contributed by atoms with Gasteiger partial charge in [-0.1, -0.05) is 30.0 Å². The summed E-state index contributed by atoms with van der Waals surface area (Å²) >= 11 is 1.27. The molecule has 1 unspecified atom stereocenters. The molecular formula is C25H26N4O4S. The number of nitrogens with one attached hydrogen (secondary N) is 2. The van der Waals surface area contributed by atoms with E-state index < -0.39 is 18.0 Å². The number of fused-ring (bicyclic) bond motifs is 1. The number of para-hydroxylation sites is 1.